The molecule has 0 rings (SSSR count). The summed E-state index contributed by atoms with van der Waals surface area (Å²) in [5, 5.41) is 10.3. The summed E-state index contributed by atoms with van der Waals surface area (Å²) in [6.45, 7) is 1.87. The van der Waals surface area contributed by atoms with E-state index >= 15 is 0 Å². The molecule has 0 heterocycles. The normalized spacial score (nSPS) is 10.9. The molecule has 0 aliphatic rings. The van der Waals surface area contributed by atoms with E-state index in [9.17, 15) is 9.59 Å². The maximum atomic E-state index is 9.69. The average molecular weight is 193 g/mol. The van der Waals surface area contributed by atoms with Crippen molar-refractivity contribution in [2.75, 3.05) is 19.3 Å². The molecule has 4 nitrogen and oxygen atoms in total. The highest BCUT2D eigenvalue weighted by atomic mass is 32.1. The van der Waals surface area contributed by atoms with E-state index in [0.717, 1.165) is 6.29 Å². The van der Waals surface area contributed by atoms with Crippen molar-refractivity contribution in [1.29, 1.82) is 0 Å². The van der Waals surface area contributed by atoms with E-state index in [1.165, 1.54) is 0 Å². The van der Waals surface area contributed by atoms with E-state index in [-0.39, 0.29) is 12.5 Å². The molecular formula is C7H15NO3S. The van der Waals surface area contributed by atoms with Crippen LogP contribution in [-0.4, -0.2) is 36.7 Å². The van der Waals surface area contributed by atoms with Crippen molar-refractivity contribution in [3.05, 3.63) is 0 Å². The van der Waals surface area contributed by atoms with Gasteiger partial charge in [-0.05, 0) is 12.8 Å². The summed E-state index contributed by atoms with van der Waals surface area (Å²) in [6.07, 6.45) is 0.896. The van der Waals surface area contributed by atoms with Crippen molar-refractivity contribution in [2.45, 2.75) is 6.92 Å². The number of aliphatic carboxylic acids is 1. The molecule has 0 radical (unpaired) electrons. The highest BCUT2D eigenvalue weighted by Gasteiger charge is 1.89. The molecule has 0 saturated carbocycles. The number of aldehydes is 1. The lowest BCUT2D eigenvalue weighted by Gasteiger charge is -1.88. The summed E-state index contributed by atoms with van der Waals surface area (Å²) in [5.41, 5.74) is 0. The molecule has 1 atom stereocenters. The van der Waals surface area contributed by atoms with E-state index in [0.29, 0.717) is 5.75 Å². The first-order chi connectivity index (χ1) is 5.58. The van der Waals surface area contributed by atoms with E-state index in [2.05, 4.69) is 17.9 Å². The number of carbonyl (C=O) groups excluding carboxylic acids is 1. The smallest absolute Gasteiger partial charge is 0.317 e. The number of thiol groups is 1. The number of carboxylic acid groups (broad SMARTS) is 1. The number of likely N-dealkylation sites (N-methyl/N-ethyl adjacent to an activating group) is 1. The molecule has 1 unspecified atom stereocenters. The minimum absolute atomic E-state index is 0.0417. The summed E-state index contributed by atoms with van der Waals surface area (Å²) in [7, 11) is 1.59. The van der Waals surface area contributed by atoms with Gasteiger partial charge < -0.3 is 15.2 Å². The second kappa shape index (κ2) is 10.4. The molecule has 2 N–H and O–H groups in total. The Hall–Kier alpha value is -0.550. The Morgan fingerprint density at radius 1 is 1.75 bits per heavy atom. The number of hydrogen-bond acceptors (Lipinski definition) is 4. The van der Waals surface area contributed by atoms with Gasteiger partial charge in [-0.25, -0.2) is 0 Å². The van der Waals surface area contributed by atoms with Gasteiger partial charge in [0.2, 0.25) is 0 Å². The summed E-state index contributed by atoms with van der Waals surface area (Å²) < 4.78 is 0. The average Bonchev–Trinajstić information content (AvgIpc) is 2.04. The Bertz CT molecular complexity index is 130. The summed E-state index contributed by atoms with van der Waals surface area (Å²) in [4.78, 5) is 19.2. The zero-order valence-electron chi connectivity index (χ0n) is 7.28. The SMILES string of the molecule is CC(C=O)CS.CNCC(=O)O. The fraction of sp³-hybridized carbons (Fsp3) is 0.714. The second-order valence-corrected chi connectivity index (χ2v) is 2.59. The predicted octanol–water partition coefficient (Wildman–Crippen LogP) is 0.0416. The van der Waals surface area contributed by atoms with E-state index in [4.69, 9.17) is 5.11 Å². The highest BCUT2D eigenvalue weighted by Crippen LogP contribution is 1.88. The largest absolute Gasteiger partial charge is 0.480 e. The Balaban J connectivity index is 0. The third kappa shape index (κ3) is 16.2. The molecule has 0 fully saturated rings. The summed E-state index contributed by atoms with van der Waals surface area (Å²) >= 11 is 3.86. The zero-order valence-corrected chi connectivity index (χ0v) is 8.17. The molecular weight excluding hydrogens is 178 g/mol. The third-order valence-electron chi connectivity index (χ3n) is 0.848. The number of hydrogen-bond donors (Lipinski definition) is 3. The maximum absolute atomic E-state index is 9.69. The van der Waals surface area contributed by atoms with Crippen LogP contribution >= 0.6 is 12.6 Å². The number of carbonyl (C=O) groups is 2. The second-order valence-electron chi connectivity index (χ2n) is 2.22. The van der Waals surface area contributed by atoms with Crippen molar-refractivity contribution in [1.82, 2.24) is 5.32 Å². The van der Waals surface area contributed by atoms with Gasteiger partial charge in [-0.1, -0.05) is 6.92 Å². The molecule has 0 aromatic carbocycles. The molecule has 0 spiro atoms. The number of nitrogens with one attached hydrogen (secondary N) is 1. The van der Waals surface area contributed by atoms with Gasteiger partial charge in [-0.2, -0.15) is 12.6 Å². The quantitative estimate of drug-likeness (QED) is 0.436. The maximum Gasteiger partial charge on any atom is 0.317 e. The molecule has 0 saturated heterocycles. The molecule has 72 valence electrons. The monoisotopic (exact) mass is 193 g/mol. The topological polar surface area (TPSA) is 66.4 Å². The first-order valence-corrected chi connectivity index (χ1v) is 4.14. The van der Waals surface area contributed by atoms with E-state index in [1.807, 2.05) is 6.92 Å². The minimum atomic E-state index is -0.822. The molecule has 12 heavy (non-hydrogen) atoms. The van der Waals surface area contributed by atoms with Crippen LogP contribution in [0.15, 0.2) is 0 Å². The molecule has 0 aromatic rings. The molecule has 0 aliphatic carbocycles. The molecule has 5 heteroatoms. The van der Waals surface area contributed by atoms with Gasteiger partial charge in [-0.15, -0.1) is 0 Å². The first-order valence-electron chi connectivity index (χ1n) is 3.51. The van der Waals surface area contributed by atoms with Crippen molar-refractivity contribution < 1.29 is 14.7 Å². The summed E-state index contributed by atoms with van der Waals surface area (Å²) in [5.74, 6) is -0.0467. The van der Waals surface area contributed by atoms with Crippen LogP contribution in [0.5, 0.6) is 0 Å². The minimum Gasteiger partial charge on any atom is -0.480 e. The lowest BCUT2D eigenvalue weighted by atomic mass is 10.3. The fourth-order valence-electron chi connectivity index (χ4n) is 0.194. The molecule has 0 amide bonds. The van der Waals surface area contributed by atoms with E-state index in [1.54, 1.807) is 7.05 Å². The lowest BCUT2D eigenvalue weighted by molar-refractivity contribution is -0.135. The van der Waals surface area contributed by atoms with Crippen molar-refractivity contribution >= 4 is 24.9 Å². The van der Waals surface area contributed by atoms with Gasteiger partial charge in [0, 0.05) is 5.92 Å². The van der Waals surface area contributed by atoms with Crippen LogP contribution in [0.3, 0.4) is 0 Å². The van der Waals surface area contributed by atoms with Crippen LogP contribution in [0.1, 0.15) is 6.92 Å². The van der Waals surface area contributed by atoms with Crippen molar-refractivity contribution in [3.63, 3.8) is 0 Å². The Kier molecular flexibility index (Phi) is 12.2. The summed E-state index contributed by atoms with van der Waals surface area (Å²) in [6, 6.07) is 0. The van der Waals surface area contributed by atoms with Crippen LogP contribution in [0.4, 0.5) is 0 Å². The van der Waals surface area contributed by atoms with Crippen LogP contribution in [0.2, 0.25) is 0 Å². The first kappa shape index (κ1) is 14.0. The van der Waals surface area contributed by atoms with E-state index < -0.39 is 5.97 Å². The Morgan fingerprint density at radius 3 is 2.25 bits per heavy atom. The van der Waals surface area contributed by atoms with Gasteiger partial charge in [0.05, 0.1) is 6.54 Å². The highest BCUT2D eigenvalue weighted by molar-refractivity contribution is 7.80. The predicted molar refractivity (Wildman–Crippen MR) is 50.6 cm³/mol. The van der Waals surface area contributed by atoms with Crippen LogP contribution < -0.4 is 5.32 Å². The van der Waals surface area contributed by atoms with Gasteiger partial charge in [0.15, 0.2) is 0 Å². The Morgan fingerprint density at radius 2 is 2.25 bits per heavy atom. The zero-order chi connectivity index (χ0) is 9.98. The van der Waals surface area contributed by atoms with Gasteiger partial charge in [-0.3, -0.25) is 4.79 Å². The molecule has 0 aliphatic heterocycles. The molecule has 0 aromatic heterocycles. The van der Waals surface area contributed by atoms with Crippen molar-refractivity contribution in [3.8, 4) is 0 Å². The fourth-order valence-corrected chi connectivity index (χ4v) is 0.280. The van der Waals surface area contributed by atoms with Gasteiger partial charge in [0.25, 0.3) is 0 Å². The van der Waals surface area contributed by atoms with Crippen molar-refractivity contribution in [2.24, 2.45) is 5.92 Å². The van der Waals surface area contributed by atoms with Crippen LogP contribution in [0.25, 0.3) is 0 Å². The van der Waals surface area contributed by atoms with Gasteiger partial charge >= 0.3 is 5.97 Å². The van der Waals surface area contributed by atoms with Gasteiger partial charge in [0.1, 0.15) is 6.29 Å². The van der Waals surface area contributed by atoms with Crippen LogP contribution in [-0.2, 0) is 9.59 Å². The Labute approximate surface area is 77.8 Å². The number of rotatable bonds is 4. The number of carboxylic acids is 1. The lowest BCUT2D eigenvalue weighted by Crippen LogP contribution is -2.16. The standard InChI is InChI=1S/C4H8OS.C3H7NO2/c1-4(2-5)3-6;1-4-2-3(5)6/h2,4,6H,3H2,1H3;4H,2H2,1H3,(H,5,6). The third-order valence-corrected chi connectivity index (χ3v) is 1.42. The molecule has 0 bridgehead atoms. The van der Waals surface area contributed by atoms with Crippen LogP contribution in [0, 0.1) is 5.92 Å².